The van der Waals surface area contributed by atoms with Gasteiger partial charge in [0, 0.05) is 11.0 Å². The zero-order valence-electron chi connectivity index (χ0n) is 10.5. The normalized spacial score (nSPS) is 10.3. The molecule has 0 saturated carbocycles. The monoisotopic (exact) mass is 339 g/mol. The summed E-state index contributed by atoms with van der Waals surface area (Å²) < 4.78 is 26.7. The molecule has 1 amide bonds. The minimum absolute atomic E-state index is 0.0155. The van der Waals surface area contributed by atoms with E-state index in [2.05, 4.69) is 21.2 Å². The van der Waals surface area contributed by atoms with Crippen LogP contribution in [0.2, 0.25) is 0 Å². The van der Waals surface area contributed by atoms with Gasteiger partial charge in [0.1, 0.15) is 0 Å². The predicted octanol–water partition coefficient (Wildman–Crippen LogP) is 3.59. The quantitative estimate of drug-likeness (QED) is 0.906. The Kier molecular flexibility index (Phi) is 4.84. The van der Waals surface area contributed by atoms with E-state index < -0.39 is 11.6 Å². The first-order valence-corrected chi connectivity index (χ1v) is 6.79. The Labute approximate surface area is 123 Å². The molecule has 0 atom stereocenters. The molecule has 0 aliphatic carbocycles. The number of halogens is 3. The molecule has 0 bridgehead atoms. The van der Waals surface area contributed by atoms with E-state index in [0.717, 1.165) is 22.2 Å². The van der Waals surface area contributed by atoms with E-state index in [9.17, 15) is 13.6 Å². The Morgan fingerprint density at radius 3 is 2.55 bits per heavy atom. The van der Waals surface area contributed by atoms with Crippen molar-refractivity contribution in [3.8, 4) is 0 Å². The van der Waals surface area contributed by atoms with Crippen molar-refractivity contribution >= 4 is 21.8 Å². The average Bonchev–Trinajstić information content (AvgIpc) is 2.42. The molecule has 0 radical (unpaired) electrons. The van der Waals surface area contributed by atoms with E-state index in [4.69, 9.17) is 0 Å². The van der Waals surface area contributed by atoms with E-state index in [-0.39, 0.29) is 12.3 Å². The second kappa shape index (κ2) is 6.61. The zero-order chi connectivity index (χ0) is 14.5. The molecule has 5 heteroatoms. The summed E-state index contributed by atoms with van der Waals surface area (Å²) in [5, 5.41) is 2.74. The highest BCUT2D eigenvalue weighted by molar-refractivity contribution is 9.10. The summed E-state index contributed by atoms with van der Waals surface area (Å²) in [5.74, 6) is -2.10. The van der Waals surface area contributed by atoms with Gasteiger partial charge in [-0.05, 0) is 29.3 Å². The lowest BCUT2D eigenvalue weighted by molar-refractivity contribution is -0.120. The van der Waals surface area contributed by atoms with Crippen molar-refractivity contribution in [3.63, 3.8) is 0 Å². The van der Waals surface area contributed by atoms with Crippen molar-refractivity contribution in [1.29, 1.82) is 0 Å². The maximum atomic E-state index is 13.0. The third-order valence-corrected chi connectivity index (χ3v) is 3.56. The number of hydrogen-bond acceptors (Lipinski definition) is 1. The van der Waals surface area contributed by atoms with Crippen LogP contribution in [0.15, 0.2) is 46.9 Å². The van der Waals surface area contributed by atoms with Crippen LogP contribution in [0, 0.1) is 11.6 Å². The maximum Gasteiger partial charge on any atom is 0.224 e. The average molecular weight is 340 g/mol. The molecule has 0 fully saturated rings. The van der Waals surface area contributed by atoms with Gasteiger partial charge in [-0.25, -0.2) is 8.78 Å². The van der Waals surface area contributed by atoms with Crippen LogP contribution in [0.4, 0.5) is 8.78 Å². The highest BCUT2D eigenvalue weighted by Crippen LogP contribution is 2.15. The van der Waals surface area contributed by atoms with E-state index >= 15 is 0 Å². The summed E-state index contributed by atoms with van der Waals surface area (Å²) in [4.78, 5) is 11.8. The standard InChI is InChI=1S/C15H12BrF2NO/c16-12-4-2-1-3-11(12)9-19-15(20)8-10-5-6-13(17)14(18)7-10/h1-7H,8-9H2,(H,19,20). The van der Waals surface area contributed by atoms with Crippen LogP contribution in [0.5, 0.6) is 0 Å². The number of hydrogen-bond donors (Lipinski definition) is 1. The van der Waals surface area contributed by atoms with E-state index in [1.807, 2.05) is 24.3 Å². The smallest absolute Gasteiger partial charge is 0.224 e. The molecule has 0 aliphatic heterocycles. The van der Waals surface area contributed by atoms with Crippen molar-refractivity contribution in [3.05, 3.63) is 69.7 Å². The van der Waals surface area contributed by atoms with Crippen molar-refractivity contribution in [2.24, 2.45) is 0 Å². The van der Waals surface area contributed by atoms with Gasteiger partial charge in [0.05, 0.1) is 6.42 Å². The first-order chi connectivity index (χ1) is 9.56. The molecule has 0 saturated heterocycles. The zero-order valence-corrected chi connectivity index (χ0v) is 12.1. The molecule has 0 aliphatic rings. The molecule has 2 aromatic rings. The third kappa shape index (κ3) is 3.87. The minimum Gasteiger partial charge on any atom is -0.352 e. The second-order valence-electron chi connectivity index (χ2n) is 4.29. The molecular weight excluding hydrogens is 328 g/mol. The Morgan fingerprint density at radius 2 is 1.85 bits per heavy atom. The minimum atomic E-state index is -0.943. The summed E-state index contributed by atoms with van der Waals surface area (Å²) >= 11 is 3.39. The summed E-state index contributed by atoms with van der Waals surface area (Å²) in [7, 11) is 0. The van der Waals surface area contributed by atoms with Crippen LogP contribution < -0.4 is 5.32 Å². The highest BCUT2D eigenvalue weighted by atomic mass is 79.9. The number of carbonyl (C=O) groups is 1. The van der Waals surface area contributed by atoms with Gasteiger partial charge in [0.15, 0.2) is 11.6 Å². The van der Waals surface area contributed by atoms with Crippen LogP contribution >= 0.6 is 15.9 Å². The molecule has 2 rings (SSSR count). The Morgan fingerprint density at radius 1 is 1.10 bits per heavy atom. The summed E-state index contributed by atoms with van der Waals surface area (Å²) in [5.41, 5.74) is 1.39. The molecule has 0 heterocycles. The molecule has 2 nitrogen and oxygen atoms in total. The highest BCUT2D eigenvalue weighted by Gasteiger charge is 2.07. The fourth-order valence-electron chi connectivity index (χ4n) is 1.73. The van der Waals surface area contributed by atoms with Crippen molar-refractivity contribution in [2.45, 2.75) is 13.0 Å². The van der Waals surface area contributed by atoms with Gasteiger partial charge in [-0.15, -0.1) is 0 Å². The van der Waals surface area contributed by atoms with Crippen molar-refractivity contribution < 1.29 is 13.6 Å². The topological polar surface area (TPSA) is 29.1 Å². The SMILES string of the molecule is O=C(Cc1ccc(F)c(F)c1)NCc1ccccc1Br. The molecule has 104 valence electrons. The van der Waals surface area contributed by atoms with Crippen LogP contribution in [0.1, 0.15) is 11.1 Å². The van der Waals surface area contributed by atoms with Crippen LogP contribution in [-0.4, -0.2) is 5.91 Å². The lowest BCUT2D eigenvalue weighted by Crippen LogP contribution is -2.24. The van der Waals surface area contributed by atoms with Crippen LogP contribution in [-0.2, 0) is 17.8 Å². The number of amides is 1. The fourth-order valence-corrected chi connectivity index (χ4v) is 2.16. The number of nitrogens with one attached hydrogen (secondary N) is 1. The molecule has 2 aromatic carbocycles. The van der Waals surface area contributed by atoms with Gasteiger partial charge in [-0.1, -0.05) is 40.2 Å². The fraction of sp³-hybridized carbons (Fsp3) is 0.133. The summed E-state index contributed by atoms with van der Waals surface area (Å²) in [6.07, 6.45) is 0.0155. The van der Waals surface area contributed by atoms with Crippen molar-refractivity contribution in [1.82, 2.24) is 5.32 Å². The van der Waals surface area contributed by atoms with Gasteiger partial charge in [-0.3, -0.25) is 4.79 Å². The van der Waals surface area contributed by atoms with Gasteiger partial charge in [-0.2, -0.15) is 0 Å². The van der Waals surface area contributed by atoms with Gasteiger partial charge in [0.2, 0.25) is 5.91 Å². The maximum absolute atomic E-state index is 13.0. The van der Waals surface area contributed by atoms with E-state index in [1.165, 1.54) is 6.07 Å². The molecule has 20 heavy (non-hydrogen) atoms. The van der Waals surface area contributed by atoms with Crippen molar-refractivity contribution in [2.75, 3.05) is 0 Å². The molecule has 0 aromatic heterocycles. The Hall–Kier alpha value is -1.75. The predicted molar refractivity (Wildman–Crippen MR) is 76.1 cm³/mol. The second-order valence-corrected chi connectivity index (χ2v) is 5.15. The molecule has 0 spiro atoms. The first-order valence-electron chi connectivity index (χ1n) is 6.00. The summed E-state index contributed by atoms with van der Waals surface area (Å²) in [6, 6.07) is 11.0. The Balaban J connectivity index is 1.93. The Bertz CT molecular complexity index is 631. The molecule has 1 N–H and O–H groups in total. The van der Waals surface area contributed by atoms with Gasteiger partial charge in [0.25, 0.3) is 0 Å². The molecular formula is C15H12BrF2NO. The number of carbonyl (C=O) groups excluding carboxylic acids is 1. The number of benzene rings is 2. The largest absolute Gasteiger partial charge is 0.352 e. The van der Waals surface area contributed by atoms with E-state index in [1.54, 1.807) is 0 Å². The van der Waals surface area contributed by atoms with Crippen LogP contribution in [0.25, 0.3) is 0 Å². The lowest BCUT2D eigenvalue weighted by Gasteiger charge is -2.07. The molecule has 0 unspecified atom stereocenters. The van der Waals surface area contributed by atoms with Crippen LogP contribution in [0.3, 0.4) is 0 Å². The first kappa shape index (κ1) is 14.7. The third-order valence-electron chi connectivity index (χ3n) is 2.78. The summed E-state index contributed by atoms with van der Waals surface area (Å²) in [6.45, 7) is 0.379. The van der Waals surface area contributed by atoms with Gasteiger partial charge >= 0.3 is 0 Å². The lowest BCUT2D eigenvalue weighted by atomic mass is 10.1. The van der Waals surface area contributed by atoms with E-state index in [0.29, 0.717) is 12.1 Å². The number of rotatable bonds is 4. The van der Waals surface area contributed by atoms with Gasteiger partial charge < -0.3 is 5.32 Å².